The van der Waals surface area contributed by atoms with Crippen LogP contribution < -0.4 is 11.1 Å². The molecule has 0 saturated heterocycles. The van der Waals surface area contributed by atoms with Crippen LogP contribution in [0.3, 0.4) is 0 Å². The minimum Gasteiger partial charge on any atom is -0.394 e. The number of hydrogen-bond donors (Lipinski definition) is 2. The van der Waals surface area contributed by atoms with Crippen LogP contribution in [0.15, 0.2) is 6.58 Å². The zero-order valence-electron chi connectivity index (χ0n) is 12.0. The highest BCUT2D eigenvalue weighted by atomic mass is 19.2. The van der Waals surface area contributed by atoms with Crippen LogP contribution in [-0.4, -0.2) is 32.1 Å². The van der Waals surface area contributed by atoms with E-state index >= 15 is 0 Å². The third kappa shape index (κ3) is 3.45. The van der Waals surface area contributed by atoms with Crippen LogP contribution in [0.1, 0.15) is 17.5 Å². The number of hydrogen-bond acceptors (Lipinski definition) is 3. The largest absolute Gasteiger partial charge is 0.394 e. The number of rotatable bonds is 6. The third-order valence-corrected chi connectivity index (χ3v) is 3.01. The highest BCUT2D eigenvalue weighted by Crippen LogP contribution is 2.29. The van der Waals surface area contributed by atoms with Gasteiger partial charge in [-0.3, -0.25) is 0 Å². The molecule has 0 heterocycles. The number of nitrogens with one attached hydrogen (secondary N) is 1. The maximum atomic E-state index is 13.9. The quantitative estimate of drug-likeness (QED) is 0.480. The Hall–Kier alpha value is -1.69. The summed E-state index contributed by atoms with van der Waals surface area (Å²) in [7, 11) is 3.87. The molecule has 0 atom stereocenters. The first-order valence-electron chi connectivity index (χ1n) is 6.27. The van der Waals surface area contributed by atoms with E-state index in [-0.39, 0.29) is 16.8 Å². The van der Waals surface area contributed by atoms with Crippen LogP contribution >= 0.6 is 0 Å². The van der Waals surface area contributed by atoms with Gasteiger partial charge in [-0.05, 0) is 39.5 Å². The van der Waals surface area contributed by atoms with Crippen molar-refractivity contribution in [3.63, 3.8) is 0 Å². The van der Waals surface area contributed by atoms with Crippen molar-refractivity contribution in [2.75, 3.05) is 32.9 Å². The Bertz CT molecular complexity index is 484. The van der Waals surface area contributed by atoms with Gasteiger partial charge in [0.25, 0.3) is 0 Å². The topological polar surface area (TPSA) is 41.3 Å². The van der Waals surface area contributed by atoms with Gasteiger partial charge in [0.15, 0.2) is 17.5 Å². The van der Waals surface area contributed by atoms with Gasteiger partial charge in [-0.25, -0.2) is 13.2 Å². The number of benzene rings is 1. The lowest BCUT2D eigenvalue weighted by Crippen LogP contribution is -2.21. The van der Waals surface area contributed by atoms with Crippen LogP contribution in [0.4, 0.5) is 18.9 Å². The molecule has 0 aromatic heterocycles. The van der Waals surface area contributed by atoms with E-state index in [4.69, 9.17) is 5.73 Å². The molecule has 112 valence electrons. The molecule has 1 aromatic carbocycles. The summed E-state index contributed by atoms with van der Waals surface area (Å²) in [4.78, 5) is 2.00. The molecule has 3 nitrogen and oxygen atoms in total. The van der Waals surface area contributed by atoms with Gasteiger partial charge >= 0.3 is 0 Å². The second-order valence-electron chi connectivity index (χ2n) is 4.92. The minimum absolute atomic E-state index is 0.0495. The fraction of sp³-hybridized carbons (Fsp3) is 0.429. The Morgan fingerprint density at radius 2 is 1.80 bits per heavy atom. The van der Waals surface area contributed by atoms with Crippen LogP contribution in [0.5, 0.6) is 0 Å². The zero-order chi connectivity index (χ0) is 15.4. The summed E-state index contributed by atoms with van der Waals surface area (Å²) in [5.41, 5.74) is 4.26. The van der Waals surface area contributed by atoms with Crippen LogP contribution in [-0.2, 0) is 0 Å². The van der Waals surface area contributed by atoms with E-state index in [1.165, 1.54) is 6.92 Å². The lowest BCUT2D eigenvalue weighted by Gasteiger charge is -2.16. The fourth-order valence-electron chi connectivity index (χ4n) is 1.88. The van der Waals surface area contributed by atoms with E-state index in [9.17, 15) is 13.2 Å². The molecule has 0 aliphatic carbocycles. The van der Waals surface area contributed by atoms with Crippen molar-refractivity contribution < 1.29 is 13.2 Å². The molecule has 6 heteroatoms. The van der Waals surface area contributed by atoms with Gasteiger partial charge in [-0.2, -0.15) is 0 Å². The molecule has 0 aliphatic rings. The summed E-state index contributed by atoms with van der Waals surface area (Å²) < 4.78 is 41.0. The van der Waals surface area contributed by atoms with E-state index < -0.39 is 23.1 Å². The second-order valence-corrected chi connectivity index (χ2v) is 4.92. The molecule has 0 fully saturated rings. The fourth-order valence-corrected chi connectivity index (χ4v) is 1.88. The first kappa shape index (κ1) is 16.4. The Morgan fingerprint density at radius 3 is 2.35 bits per heavy atom. The second kappa shape index (κ2) is 6.65. The maximum absolute atomic E-state index is 13.9. The first-order valence-corrected chi connectivity index (χ1v) is 6.27. The van der Waals surface area contributed by atoms with Gasteiger partial charge in [0.2, 0.25) is 0 Å². The van der Waals surface area contributed by atoms with E-state index in [1.807, 2.05) is 19.0 Å². The van der Waals surface area contributed by atoms with Crippen LogP contribution in [0.2, 0.25) is 0 Å². The lowest BCUT2D eigenvalue weighted by atomic mass is 10.0. The number of anilines is 1. The normalized spacial score (nSPS) is 10.9. The third-order valence-electron chi connectivity index (χ3n) is 3.01. The van der Waals surface area contributed by atoms with E-state index in [0.717, 1.165) is 13.0 Å². The SMILES string of the molecule is C=C(NCCCN(C)C)c1c(C)c(F)c(N)c(F)c1F. The Kier molecular flexibility index (Phi) is 5.44. The number of halogens is 3. The van der Waals surface area contributed by atoms with Crippen molar-refractivity contribution in [2.24, 2.45) is 0 Å². The van der Waals surface area contributed by atoms with Crippen LogP contribution in [0, 0.1) is 24.4 Å². The first-order chi connectivity index (χ1) is 9.27. The molecule has 0 unspecified atom stereocenters. The number of nitrogens with zero attached hydrogens (tertiary/aromatic N) is 1. The summed E-state index contributed by atoms with van der Waals surface area (Å²) in [6.07, 6.45) is 0.798. The van der Waals surface area contributed by atoms with Gasteiger partial charge in [0.1, 0.15) is 5.69 Å². The van der Waals surface area contributed by atoms with Gasteiger partial charge in [0, 0.05) is 17.8 Å². The Balaban J connectivity index is 2.89. The van der Waals surface area contributed by atoms with E-state index in [1.54, 1.807) is 0 Å². The molecule has 3 N–H and O–H groups in total. The average Bonchev–Trinajstić information content (AvgIpc) is 2.39. The van der Waals surface area contributed by atoms with Gasteiger partial charge in [-0.15, -0.1) is 0 Å². The smallest absolute Gasteiger partial charge is 0.185 e. The van der Waals surface area contributed by atoms with E-state index in [2.05, 4.69) is 11.9 Å². The molecule has 1 rings (SSSR count). The Labute approximate surface area is 117 Å². The molecule has 0 amide bonds. The highest BCUT2D eigenvalue weighted by molar-refractivity contribution is 5.68. The van der Waals surface area contributed by atoms with Crippen molar-refractivity contribution in [1.29, 1.82) is 0 Å². The summed E-state index contributed by atoms with van der Waals surface area (Å²) >= 11 is 0. The molecule has 1 aromatic rings. The predicted molar refractivity (Wildman–Crippen MR) is 75.7 cm³/mol. The number of nitrogens with two attached hydrogens (primary N) is 1. The molecular formula is C14H20F3N3. The summed E-state index contributed by atoms with van der Waals surface area (Å²) in [6, 6.07) is 0. The molecule has 0 radical (unpaired) electrons. The molecule has 0 bridgehead atoms. The summed E-state index contributed by atoms with van der Waals surface area (Å²) in [5.74, 6) is -3.50. The van der Waals surface area contributed by atoms with Gasteiger partial charge < -0.3 is 16.0 Å². The molecule has 20 heavy (non-hydrogen) atoms. The standard InChI is InChI=1S/C14H20F3N3/c1-8-10(9(2)19-6-5-7-20(3)4)12(16)13(17)14(18)11(8)15/h19H,2,5-7,18H2,1,3-4H3. The molecular weight excluding hydrogens is 267 g/mol. The number of nitrogen functional groups attached to an aromatic ring is 1. The van der Waals surface area contributed by atoms with Gasteiger partial charge in [0.05, 0.1) is 0 Å². The summed E-state index contributed by atoms with van der Waals surface area (Å²) in [6.45, 7) is 6.35. The highest BCUT2D eigenvalue weighted by Gasteiger charge is 2.22. The predicted octanol–water partition coefficient (Wildman–Crippen LogP) is 2.51. The Morgan fingerprint density at radius 1 is 1.20 bits per heavy atom. The average molecular weight is 287 g/mol. The molecule has 0 saturated carbocycles. The van der Waals surface area contributed by atoms with Crippen molar-refractivity contribution in [1.82, 2.24) is 10.2 Å². The monoisotopic (exact) mass is 287 g/mol. The molecule has 0 spiro atoms. The minimum atomic E-state index is -1.38. The van der Waals surface area contributed by atoms with Crippen molar-refractivity contribution >= 4 is 11.4 Å². The van der Waals surface area contributed by atoms with Crippen LogP contribution in [0.25, 0.3) is 5.70 Å². The van der Waals surface area contributed by atoms with E-state index in [0.29, 0.717) is 6.54 Å². The maximum Gasteiger partial charge on any atom is 0.185 e. The summed E-state index contributed by atoms with van der Waals surface area (Å²) in [5, 5.41) is 2.87. The van der Waals surface area contributed by atoms with Crippen molar-refractivity contribution in [2.45, 2.75) is 13.3 Å². The van der Waals surface area contributed by atoms with Crippen molar-refractivity contribution in [3.05, 3.63) is 35.2 Å². The molecule has 0 aliphatic heterocycles. The van der Waals surface area contributed by atoms with Gasteiger partial charge in [-0.1, -0.05) is 6.58 Å². The zero-order valence-corrected chi connectivity index (χ0v) is 12.0. The lowest BCUT2D eigenvalue weighted by molar-refractivity contribution is 0.399. The van der Waals surface area contributed by atoms with Crippen molar-refractivity contribution in [3.8, 4) is 0 Å².